The molecule has 0 aliphatic carbocycles. The fourth-order valence-electron chi connectivity index (χ4n) is 3.19. The summed E-state index contributed by atoms with van der Waals surface area (Å²) < 4.78 is 7.43. The second kappa shape index (κ2) is 7.84. The van der Waals surface area contributed by atoms with E-state index >= 15 is 0 Å². The first-order chi connectivity index (χ1) is 13.5. The minimum atomic E-state index is 0.559. The van der Waals surface area contributed by atoms with Gasteiger partial charge in [-0.1, -0.05) is 30.3 Å². The van der Waals surface area contributed by atoms with Gasteiger partial charge in [0.1, 0.15) is 5.82 Å². The molecular weight excluding hydrogens is 438 g/mol. The lowest BCUT2D eigenvalue weighted by Gasteiger charge is -2.06. The number of halogens is 1. The molecule has 7 nitrogen and oxygen atoms in total. The Morgan fingerprint density at radius 1 is 1.18 bits per heavy atom. The van der Waals surface area contributed by atoms with Gasteiger partial charge in [0.15, 0.2) is 4.77 Å². The van der Waals surface area contributed by atoms with Crippen LogP contribution in [0.4, 0.5) is 0 Å². The van der Waals surface area contributed by atoms with Gasteiger partial charge in [0, 0.05) is 24.9 Å². The Balaban J connectivity index is 1.55. The normalized spacial score (nSPS) is 11.2. The van der Waals surface area contributed by atoms with Crippen LogP contribution >= 0.6 is 28.1 Å². The standard InChI is InChI=1S/C19H20BrN7S/c1-13-18(20)14(2)26(24-13)9-8-17-22-23-19(28)27(17)16-10-21-25(12-16)11-15-6-4-3-5-7-15/h3-7,10,12H,8-9,11H2,1-2H3,(H,23,28). The van der Waals surface area contributed by atoms with E-state index in [1.54, 1.807) is 0 Å². The average molecular weight is 458 g/mol. The molecule has 0 atom stereocenters. The third-order valence-corrected chi connectivity index (χ3v) is 6.07. The van der Waals surface area contributed by atoms with Gasteiger partial charge in [-0.25, -0.2) is 0 Å². The molecule has 9 heteroatoms. The predicted octanol–water partition coefficient (Wildman–Crippen LogP) is 3.99. The first-order valence-electron chi connectivity index (χ1n) is 8.95. The van der Waals surface area contributed by atoms with Crippen LogP contribution in [-0.2, 0) is 19.5 Å². The van der Waals surface area contributed by atoms with E-state index in [2.05, 4.69) is 55.4 Å². The summed E-state index contributed by atoms with van der Waals surface area (Å²) >= 11 is 9.03. The van der Waals surface area contributed by atoms with Crippen molar-refractivity contribution in [2.24, 2.45) is 0 Å². The molecule has 1 N–H and O–H groups in total. The van der Waals surface area contributed by atoms with Crippen LogP contribution in [0.25, 0.3) is 5.69 Å². The number of rotatable bonds is 6. The van der Waals surface area contributed by atoms with Crippen LogP contribution in [-0.4, -0.2) is 34.3 Å². The summed E-state index contributed by atoms with van der Waals surface area (Å²) in [6.07, 6.45) is 4.50. The Morgan fingerprint density at radius 3 is 2.68 bits per heavy atom. The topological polar surface area (TPSA) is 69.2 Å². The smallest absolute Gasteiger partial charge is 0.199 e. The maximum atomic E-state index is 5.45. The summed E-state index contributed by atoms with van der Waals surface area (Å²) in [6, 6.07) is 10.2. The molecule has 0 spiro atoms. The van der Waals surface area contributed by atoms with E-state index in [9.17, 15) is 0 Å². The van der Waals surface area contributed by atoms with Crippen molar-refractivity contribution >= 4 is 28.1 Å². The van der Waals surface area contributed by atoms with E-state index in [1.807, 2.05) is 51.4 Å². The van der Waals surface area contributed by atoms with Crippen molar-refractivity contribution in [2.45, 2.75) is 33.4 Å². The minimum Gasteiger partial charge on any atom is -0.269 e. The Morgan fingerprint density at radius 2 is 1.96 bits per heavy atom. The van der Waals surface area contributed by atoms with Crippen molar-refractivity contribution < 1.29 is 0 Å². The molecule has 3 heterocycles. The summed E-state index contributed by atoms with van der Waals surface area (Å²) in [5.41, 5.74) is 4.19. The quantitative estimate of drug-likeness (QED) is 0.444. The molecule has 4 rings (SSSR count). The van der Waals surface area contributed by atoms with E-state index < -0.39 is 0 Å². The van der Waals surface area contributed by atoms with Crippen molar-refractivity contribution in [1.29, 1.82) is 0 Å². The molecule has 28 heavy (non-hydrogen) atoms. The number of aryl methyl sites for hydroxylation is 3. The molecule has 3 aromatic heterocycles. The van der Waals surface area contributed by atoms with Gasteiger partial charge in [0.05, 0.1) is 28.6 Å². The van der Waals surface area contributed by atoms with Crippen LogP contribution in [0.3, 0.4) is 0 Å². The Hall–Kier alpha value is -2.52. The van der Waals surface area contributed by atoms with Crippen LogP contribution < -0.4 is 0 Å². The van der Waals surface area contributed by atoms with E-state index in [-0.39, 0.29) is 0 Å². The van der Waals surface area contributed by atoms with Crippen LogP contribution in [0.5, 0.6) is 0 Å². The molecule has 4 aromatic rings. The highest BCUT2D eigenvalue weighted by Crippen LogP contribution is 2.20. The lowest BCUT2D eigenvalue weighted by atomic mass is 10.2. The molecule has 0 aliphatic heterocycles. The number of hydrogen-bond donors (Lipinski definition) is 1. The number of aromatic amines is 1. The summed E-state index contributed by atoms with van der Waals surface area (Å²) in [6.45, 7) is 5.47. The Bertz CT molecular complexity index is 1150. The summed E-state index contributed by atoms with van der Waals surface area (Å²) in [4.78, 5) is 0. The molecule has 0 unspecified atom stereocenters. The molecule has 0 saturated heterocycles. The maximum Gasteiger partial charge on any atom is 0.199 e. The molecule has 0 fully saturated rings. The lowest BCUT2D eigenvalue weighted by Crippen LogP contribution is -2.09. The van der Waals surface area contributed by atoms with Gasteiger partial charge in [-0.3, -0.25) is 19.0 Å². The number of aromatic nitrogens is 7. The SMILES string of the molecule is Cc1nn(CCc2n[nH]c(=S)n2-c2cnn(Cc3ccccc3)c2)c(C)c1Br. The second-order valence-corrected chi connectivity index (χ2v) is 7.80. The lowest BCUT2D eigenvalue weighted by molar-refractivity contribution is 0.577. The molecule has 0 bridgehead atoms. The van der Waals surface area contributed by atoms with E-state index in [1.165, 1.54) is 5.56 Å². The number of benzene rings is 1. The van der Waals surface area contributed by atoms with E-state index in [0.717, 1.165) is 33.9 Å². The highest BCUT2D eigenvalue weighted by atomic mass is 79.9. The van der Waals surface area contributed by atoms with Crippen molar-refractivity contribution in [3.8, 4) is 5.69 Å². The molecule has 1 aromatic carbocycles. The van der Waals surface area contributed by atoms with Crippen LogP contribution in [0, 0.1) is 18.6 Å². The maximum absolute atomic E-state index is 5.45. The third kappa shape index (κ3) is 3.72. The summed E-state index contributed by atoms with van der Waals surface area (Å²) in [7, 11) is 0. The Labute approximate surface area is 176 Å². The van der Waals surface area contributed by atoms with Crippen molar-refractivity contribution in [1.82, 2.24) is 34.3 Å². The minimum absolute atomic E-state index is 0.559. The van der Waals surface area contributed by atoms with E-state index in [0.29, 0.717) is 17.7 Å². The highest BCUT2D eigenvalue weighted by Gasteiger charge is 2.13. The first kappa shape index (κ1) is 18.8. The van der Waals surface area contributed by atoms with Crippen LogP contribution in [0.2, 0.25) is 0 Å². The third-order valence-electron chi connectivity index (χ3n) is 4.65. The molecular formula is C19H20BrN7S. The molecule has 0 amide bonds. The number of nitrogens with zero attached hydrogens (tertiary/aromatic N) is 6. The zero-order valence-electron chi connectivity index (χ0n) is 15.6. The van der Waals surface area contributed by atoms with Crippen LogP contribution in [0.15, 0.2) is 47.2 Å². The van der Waals surface area contributed by atoms with Gasteiger partial charge in [-0.15, -0.1) is 0 Å². The highest BCUT2D eigenvalue weighted by molar-refractivity contribution is 9.10. The fraction of sp³-hybridized carbons (Fsp3) is 0.263. The predicted molar refractivity (Wildman–Crippen MR) is 113 cm³/mol. The van der Waals surface area contributed by atoms with Gasteiger partial charge in [-0.05, 0) is 47.6 Å². The van der Waals surface area contributed by atoms with Gasteiger partial charge >= 0.3 is 0 Å². The van der Waals surface area contributed by atoms with Gasteiger partial charge in [0.25, 0.3) is 0 Å². The molecule has 0 saturated carbocycles. The number of hydrogen-bond acceptors (Lipinski definition) is 4. The van der Waals surface area contributed by atoms with E-state index in [4.69, 9.17) is 12.2 Å². The van der Waals surface area contributed by atoms with Crippen molar-refractivity contribution in [3.63, 3.8) is 0 Å². The Kier molecular flexibility index (Phi) is 5.27. The zero-order chi connectivity index (χ0) is 19.7. The number of nitrogens with one attached hydrogen (secondary N) is 1. The van der Waals surface area contributed by atoms with Crippen LogP contribution in [0.1, 0.15) is 22.8 Å². The molecule has 144 valence electrons. The van der Waals surface area contributed by atoms with Gasteiger partial charge < -0.3 is 0 Å². The molecule has 0 radical (unpaired) electrons. The molecule has 0 aliphatic rings. The summed E-state index contributed by atoms with van der Waals surface area (Å²) in [5.74, 6) is 0.855. The van der Waals surface area contributed by atoms with Crippen molar-refractivity contribution in [2.75, 3.05) is 0 Å². The van der Waals surface area contributed by atoms with Gasteiger partial charge in [-0.2, -0.15) is 15.3 Å². The van der Waals surface area contributed by atoms with Crippen molar-refractivity contribution in [3.05, 3.63) is 74.7 Å². The largest absolute Gasteiger partial charge is 0.269 e. The van der Waals surface area contributed by atoms with Gasteiger partial charge in [0.2, 0.25) is 0 Å². The monoisotopic (exact) mass is 457 g/mol. The zero-order valence-corrected chi connectivity index (χ0v) is 18.0. The fourth-order valence-corrected chi connectivity index (χ4v) is 3.73. The second-order valence-electron chi connectivity index (χ2n) is 6.62. The average Bonchev–Trinajstić information content (AvgIpc) is 3.36. The number of H-pyrrole nitrogens is 1. The summed E-state index contributed by atoms with van der Waals surface area (Å²) in [5, 5.41) is 16.4. The first-order valence-corrected chi connectivity index (χ1v) is 10.2.